The fraction of sp³-hybridized carbons (Fsp3) is 0.889. The predicted molar refractivity (Wildman–Crippen MR) is 55.5 cm³/mol. The van der Waals surface area contributed by atoms with Crippen molar-refractivity contribution in [3.8, 4) is 0 Å². The Morgan fingerprint density at radius 1 is 1.57 bits per heavy atom. The maximum absolute atomic E-state index is 11.4. The molecule has 1 fully saturated rings. The van der Waals surface area contributed by atoms with Gasteiger partial charge in [-0.25, -0.2) is 0 Å². The van der Waals surface area contributed by atoms with Crippen molar-refractivity contribution < 1.29 is 13.7 Å². The van der Waals surface area contributed by atoms with Crippen molar-refractivity contribution in [3.05, 3.63) is 0 Å². The first-order chi connectivity index (χ1) is 6.67. The number of hydrogen-bond acceptors (Lipinski definition) is 4. The molecule has 0 radical (unpaired) electrons. The number of hydrogen-bond donors (Lipinski definition) is 1. The molecule has 0 aliphatic carbocycles. The van der Waals surface area contributed by atoms with Gasteiger partial charge in [0.25, 0.3) is 0 Å². The van der Waals surface area contributed by atoms with E-state index in [0.29, 0.717) is 11.5 Å². The van der Waals surface area contributed by atoms with Crippen LogP contribution in [0.2, 0.25) is 0 Å². The van der Waals surface area contributed by atoms with Crippen LogP contribution in [0.25, 0.3) is 0 Å². The highest BCUT2D eigenvalue weighted by Gasteiger charge is 2.30. The van der Waals surface area contributed by atoms with Gasteiger partial charge in [-0.1, -0.05) is 13.3 Å². The monoisotopic (exact) mass is 219 g/mol. The van der Waals surface area contributed by atoms with Gasteiger partial charge in [-0.2, -0.15) is 0 Å². The molecule has 4 nitrogen and oxygen atoms in total. The third-order valence-electron chi connectivity index (χ3n) is 2.30. The Labute approximate surface area is 86.9 Å². The quantitative estimate of drug-likeness (QED) is 0.681. The van der Waals surface area contributed by atoms with Gasteiger partial charge in [0.15, 0.2) is 0 Å². The van der Waals surface area contributed by atoms with Crippen molar-refractivity contribution in [2.75, 3.05) is 18.6 Å². The summed E-state index contributed by atoms with van der Waals surface area (Å²) in [6, 6.07) is -0.190. The predicted octanol–water partition coefficient (Wildman–Crippen LogP) is 0.0486. The fourth-order valence-corrected chi connectivity index (χ4v) is 3.10. The number of ether oxygens (including phenoxy) is 1. The SMILES string of the molecule is CCCC1CS(=O)CC(C(=O)OC)N1. The summed E-state index contributed by atoms with van der Waals surface area (Å²) in [6.07, 6.45) is 1.99. The Hall–Kier alpha value is -0.420. The van der Waals surface area contributed by atoms with Gasteiger partial charge in [0.05, 0.1) is 7.11 Å². The fourth-order valence-electron chi connectivity index (χ4n) is 1.65. The molecule has 0 aromatic carbocycles. The molecule has 82 valence electrons. The van der Waals surface area contributed by atoms with E-state index in [0.717, 1.165) is 12.8 Å². The molecular formula is C9H17NO3S. The van der Waals surface area contributed by atoms with Crippen molar-refractivity contribution in [1.29, 1.82) is 0 Å². The molecule has 1 heterocycles. The highest BCUT2D eigenvalue weighted by molar-refractivity contribution is 7.85. The molecule has 0 bridgehead atoms. The molecule has 0 spiro atoms. The molecule has 3 atom stereocenters. The summed E-state index contributed by atoms with van der Waals surface area (Å²) in [5.41, 5.74) is 0. The van der Waals surface area contributed by atoms with Crippen molar-refractivity contribution in [2.24, 2.45) is 0 Å². The van der Waals surface area contributed by atoms with Crippen LogP contribution in [0, 0.1) is 0 Å². The zero-order chi connectivity index (χ0) is 10.6. The van der Waals surface area contributed by atoms with Crippen molar-refractivity contribution in [3.63, 3.8) is 0 Å². The number of carbonyl (C=O) groups excluding carboxylic acids is 1. The van der Waals surface area contributed by atoms with Crippen molar-refractivity contribution in [1.82, 2.24) is 5.32 Å². The second-order valence-electron chi connectivity index (χ2n) is 3.50. The lowest BCUT2D eigenvalue weighted by Crippen LogP contribution is -2.53. The highest BCUT2D eigenvalue weighted by atomic mass is 32.2. The number of nitrogens with one attached hydrogen (secondary N) is 1. The van der Waals surface area contributed by atoms with Gasteiger partial charge in [-0.15, -0.1) is 0 Å². The van der Waals surface area contributed by atoms with Crippen LogP contribution >= 0.6 is 0 Å². The van der Waals surface area contributed by atoms with E-state index in [2.05, 4.69) is 17.0 Å². The summed E-state index contributed by atoms with van der Waals surface area (Å²) in [5.74, 6) is 0.730. The number of rotatable bonds is 3. The molecule has 0 aromatic heterocycles. The van der Waals surface area contributed by atoms with Crippen LogP contribution in [0.1, 0.15) is 19.8 Å². The summed E-state index contributed by atoms with van der Waals surface area (Å²) < 4.78 is 16.1. The second-order valence-corrected chi connectivity index (χ2v) is 5.05. The molecule has 1 aliphatic heterocycles. The van der Waals surface area contributed by atoms with Crippen LogP contribution in [0.15, 0.2) is 0 Å². The van der Waals surface area contributed by atoms with Gasteiger partial charge in [0, 0.05) is 28.3 Å². The Morgan fingerprint density at radius 3 is 2.86 bits per heavy atom. The molecule has 5 heteroatoms. The first-order valence-electron chi connectivity index (χ1n) is 4.86. The van der Waals surface area contributed by atoms with E-state index in [1.165, 1.54) is 7.11 Å². The van der Waals surface area contributed by atoms with Crippen LogP contribution in [0.5, 0.6) is 0 Å². The van der Waals surface area contributed by atoms with Crippen LogP contribution in [0.4, 0.5) is 0 Å². The maximum Gasteiger partial charge on any atom is 0.323 e. The van der Waals surface area contributed by atoms with Gasteiger partial charge in [0.2, 0.25) is 0 Å². The molecule has 1 N–H and O–H groups in total. The van der Waals surface area contributed by atoms with E-state index in [9.17, 15) is 9.00 Å². The van der Waals surface area contributed by atoms with E-state index < -0.39 is 10.8 Å². The standard InChI is InChI=1S/C9H17NO3S/c1-3-4-7-5-14(12)6-8(10-7)9(11)13-2/h7-8,10H,3-6H2,1-2H3. The minimum atomic E-state index is -0.887. The lowest BCUT2D eigenvalue weighted by atomic mass is 10.1. The topological polar surface area (TPSA) is 55.4 Å². The summed E-state index contributed by atoms with van der Waals surface area (Å²) in [4.78, 5) is 11.2. The Kier molecular flexibility index (Phi) is 4.54. The maximum atomic E-state index is 11.4. The van der Waals surface area contributed by atoms with E-state index >= 15 is 0 Å². The van der Waals surface area contributed by atoms with Gasteiger partial charge in [0.1, 0.15) is 6.04 Å². The average Bonchev–Trinajstić information content (AvgIpc) is 2.16. The second kappa shape index (κ2) is 5.46. The summed E-state index contributed by atoms with van der Waals surface area (Å²) in [5, 5.41) is 3.17. The summed E-state index contributed by atoms with van der Waals surface area (Å²) in [7, 11) is 0.470. The molecule has 0 aromatic rings. The van der Waals surface area contributed by atoms with Gasteiger partial charge in [-0.3, -0.25) is 14.3 Å². The normalized spacial score (nSPS) is 32.6. The van der Waals surface area contributed by atoms with Crippen molar-refractivity contribution >= 4 is 16.8 Å². The lowest BCUT2D eigenvalue weighted by molar-refractivity contribution is -0.142. The Morgan fingerprint density at radius 2 is 2.29 bits per heavy atom. The first kappa shape index (κ1) is 11.7. The Bertz CT molecular complexity index is 232. The third kappa shape index (κ3) is 3.06. The average molecular weight is 219 g/mol. The minimum absolute atomic E-state index is 0.193. The number of carbonyl (C=O) groups is 1. The van der Waals surface area contributed by atoms with E-state index in [-0.39, 0.29) is 18.1 Å². The molecule has 0 amide bonds. The molecule has 14 heavy (non-hydrogen) atoms. The lowest BCUT2D eigenvalue weighted by Gasteiger charge is -2.28. The number of methoxy groups -OCH3 is 1. The zero-order valence-corrected chi connectivity index (χ0v) is 9.43. The molecule has 1 saturated heterocycles. The molecule has 3 unspecified atom stereocenters. The van der Waals surface area contributed by atoms with Gasteiger partial charge in [-0.05, 0) is 6.42 Å². The number of esters is 1. The van der Waals surface area contributed by atoms with E-state index in [1.807, 2.05) is 0 Å². The van der Waals surface area contributed by atoms with E-state index in [4.69, 9.17) is 0 Å². The summed E-state index contributed by atoms with van der Waals surface area (Å²) >= 11 is 0. The third-order valence-corrected chi connectivity index (χ3v) is 3.78. The Balaban J connectivity index is 2.53. The first-order valence-corrected chi connectivity index (χ1v) is 6.35. The van der Waals surface area contributed by atoms with Crippen LogP contribution in [-0.2, 0) is 20.3 Å². The van der Waals surface area contributed by atoms with Gasteiger partial charge >= 0.3 is 5.97 Å². The van der Waals surface area contributed by atoms with Crippen LogP contribution in [0.3, 0.4) is 0 Å². The highest BCUT2D eigenvalue weighted by Crippen LogP contribution is 2.08. The zero-order valence-electron chi connectivity index (χ0n) is 8.62. The summed E-state index contributed by atoms with van der Waals surface area (Å²) in [6.45, 7) is 2.08. The van der Waals surface area contributed by atoms with Crippen LogP contribution < -0.4 is 5.32 Å². The molecule has 1 rings (SSSR count). The largest absolute Gasteiger partial charge is 0.468 e. The smallest absolute Gasteiger partial charge is 0.323 e. The molecular weight excluding hydrogens is 202 g/mol. The minimum Gasteiger partial charge on any atom is -0.468 e. The van der Waals surface area contributed by atoms with Crippen molar-refractivity contribution in [2.45, 2.75) is 31.8 Å². The van der Waals surface area contributed by atoms with Gasteiger partial charge < -0.3 is 4.74 Å². The molecule has 1 aliphatic rings. The van der Waals surface area contributed by atoms with E-state index in [1.54, 1.807) is 0 Å². The molecule has 0 saturated carbocycles. The van der Waals surface area contributed by atoms with Crippen LogP contribution in [-0.4, -0.2) is 40.9 Å².